The summed E-state index contributed by atoms with van der Waals surface area (Å²) in [6.45, 7) is 7.47. The van der Waals surface area contributed by atoms with Crippen molar-refractivity contribution < 1.29 is 28.3 Å². The standard InChI is InChI=1S/C20H28FNO3.CO2/c1-5-6-7-17(22-19(24)25-20(2,3)4)12-13-18(23)14-15-8-10-16(21)11-9-15;2-1-3/h8-13,17H,5-7,14H2,1-4H3,(H,22,24);/b13-12+;/t17-;/m1./s1. The average Bonchev–Trinajstić information content (AvgIpc) is 2.58. The lowest BCUT2D eigenvalue weighted by Gasteiger charge is -2.22. The minimum atomic E-state index is -0.568. The zero-order chi connectivity index (χ0) is 21.6. The van der Waals surface area contributed by atoms with Crippen LogP contribution in [0.4, 0.5) is 9.18 Å². The summed E-state index contributed by atoms with van der Waals surface area (Å²) in [5, 5.41) is 2.79. The van der Waals surface area contributed by atoms with Crippen LogP contribution in [0.2, 0.25) is 0 Å². The molecule has 0 aliphatic heterocycles. The predicted octanol–water partition coefficient (Wildman–Crippen LogP) is 3.99. The molecule has 0 spiro atoms. The van der Waals surface area contributed by atoms with Crippen molar-refractivity contribution in [2.75, 3.05) is 0 Å². The van der Waals surface area contributed by atoms with E-state index in [-0.39, 0.29) is 30.2 Å². The van der Waals surface area contributed by atoms with Crippen LogP contribution in [-0.4, -0.2) is 29.7 Å². The van der Waals surface area contributed by atoms with Crippen LogP contribution in [0.3, 0.4) is 0 Å². The van der Waals surface area contributed by atoms with Gasteiger partial charge in [0.15, 0.2) is 5.78 Å². The van der Waals surface area contributed by atoms with Gasteiger partial charge in [-0.25, -0.2) is 9.18 Å². The molecular weight excluding hydrogens is 365 g/mol. The van der Waals surface area contributed by atoms with Gasteiger partial charge in [0.2, 0.25) is 0 Å². The summed E-state index contributed by atoms with van der Waals surface area (Å²) < 4.78 is 18.1. The van der Waals surface area contributed by atoms with Crippen molar-refractivity contribution in [3.63, 3.8) is 0 Å². The second-order valence-corrected chi connectivity index (χ2v) is 7.11. The molecule has 1 aromatic carbocycles. The van der Waals surface area contributed by atoms with Crippen LogP contribution < -0.4 is 5.32 Å². The lowest BCUT2D eigenvalue weighted by molar-refractivity contribution is -0.191. The Balaban J connectivity index is 0.00000227. The van der Waals surface area contributed by atoms with Gasteiger partial charge < -0.3 is 10.1 Å². The van der Waals surface area contributed by atoms with Crippen molar-refractivity contribution in [3.8, 4) is 0 Å². The lowest BCUT2D eigenvalue weighted by Crippen LogP contribution is -2.38. The third-order valence-electron chi connectivity index (χ3n) is 3.38. The Labute approximate surface area is 165 Å². The molecule has 1 aromatic rings. The maximum atomic E-state index is 12.9. The number of halogens is 1. The molecule has 0 aromatic heterocycles. The van der Waals surface area contributed by atoms with Crippen molar-refractivity contribution in [2.45, 2.75) is 65.0 Å². The van der Waals surface area contributed by atoms with Crippen molar-refractivity contribution >= 4 is 18.0 Å². The van der Waals surface area contributed by atoms with Crippen LogP contribution in [0.1, 0.15) is 52.5 Å². The number of unbranched alkanes of at least 4 members (excludes halogenated alkanes) is 1. The molecule has 0 aliphatic rings. The molecule has 0 radical (unpaired) electrons. The van der Waals surface area contributed by atoms with E-state index in [0.29, 0.717) is 0 Å². The molecule has 1 rings (SSSR count). The third kappa shape index (κ3) is 13.4. The van der Waals surface area contributed by atoms with E-state index in [2.05, 4.69) is 12.2 Å². The highest BCUT2D eigenvalue weighted by atomic mass is 19.1. The molecule has 0 unspecified atom stereocenters. The van der Waals surface area contributed by atoms with Crippen molar-refractivity contribution in [3.05, 3.63) is 47.8 Å². The van der Waals surface area contributed by atoms with Crippen LogP contribution in [0.15, 0.2) is 36.4 Å². The van der Waals surface area contributed by atoms with Gasteiger partial charge in [-0.1, -0.05) is 38.0 Å². The molecule has 1 N–H and O–H groups in total. The first-order valence-corrected chi connectivity index (χ1v) is 9.05. The van der Waals surface area contributed by atoms with Crippen molar-refractivity contribution in [1.29, 1.82) is 0 Å². The fourth-order valence-corrected chi connectivity index (χ4v) is 2.19. The summed E-state index contributed by atoms with van der Waals surface area (Å²) in [7, 11) is 0. The van der Waals surface area contributed by atoms with Gasteiger partial charge in [0.1, 0.15) is 11.4 Å². The molecule has 7 heteroatoms. The zero-order valence-electron chi connectivity index (χ0n) is 16.8. The summed E-state index contributed by atoms with van der Waals surface area (Å²) in [5.41, 5.74) is 0.183. The summed E-state index contributed by atoms with van der Waals surface area (Å²) in [6, 6.07) is 5.59. The minimum Gasteiger partial charge on any atom is -0.444 e. The summed E-state index contributed by atoms with van der Waals surface area (Å²) in [6.07, 6.45) is 5.77. The molecule has 154 valence electrons. The molecule has 0 saturated carbocycles. The molecule has 0 saturated heterocycles. The number of ether oxygens (including phenoxy) is 1. The first-order valence-electron chi connectivity index (χ1n) is 9.05. The van der Waals surface area contributed by atoms with E-state index in [1.807, 2.05) is 0 Å². The van der Waals surface area contributed by atoms with E-state index in [0.717, 1.165) is 24.8 Å². The first-order chi connectivity index (χ1) is 13.1. The number of carbonyl (C=O) groups is 2. The van der Waals surface area contributed by atoms with Crippen LogP contribution in [0.25, 0.3) is 0 Å². The molecule has 0 heterocycles. The second kappa shape index (κ2) is 13.4. The number of ketones is 1. The average molecular weight is 393 g/mol. The van der Waals surface area contributed by atoms with E-state index in [4.69, 9.17) is 14.3 Å². The fourth-order valence-electron chi connectivity index (χ4n) is 2.19. The Morgan fingerprint density at radius 3 is 2.29 bits per heavy atom. The Bertz CT molecular complexity index is 671. The number of hydrogen-bond donors (Lipinski definition) is 1. The van der Waals surface area contributed by atoms with Gasteiger partial charge in [0.25, 0.3) is 0 Å². The first kappa shape index (κ1) is 25.2. The number of hydrogen-bond acceptors (Lipinski definition) is 5. The smallest absolute Gasteiger partial charge is 0.408 e. The maximum absolute atomic E-state index is 12.9. The van der Waals surface area contributed by atoms with Gasteiger partial charge in [-0.2, -0.15) is 9.59 Å². The third-order valence-corrected chi connectivity index (χ3v) is 3.38. The van der Waals surface area contributed by atoms with Gasteiger partial charge in [-0.05, 0) is 51.0 Å². The van der Waals surface area contributed by atoms with E-state index < -0.39 is 11.7 Å². The quantitative estimate of drug-likeness (QED) is 0.675. The normalized spacial score (nSPS) is 11.8. The topological polar surface area (TPSA) is 89.5 Å². The highest BCUT2D eigenvalue weighted by molar-refractivity contribution is 5.91. The summed E-state index contributed by atoms with van der Waals surface area (Å²) in [4.78, 5) is 40.2. The SMILES string of the molecule is CCCC[C@H](/C=C/C(=O)Cc1ccc(F)cc1)NC(=O)OC(C)(C)C.O=C=O. The Morgan fingerprint density at radius 2 is 1.79 bits per heavy atom. The predicted molar refractivity (Wildman–Crippen MR) is 102 cm³/mol. The number of nitrogens with one attached hydrogen (secondary N) is 1. The fraction of sp³-hybridized carbons (Fsp3) is 0.476. The van der Waals surface area contributed by atoms with Crippen molar-refractivity contribution in [2.24, 2.45) is 0 Å². The van der Waals surface area contributed by atoms with Gasteiger partial charge in [-0.15, -0.1) is 0 Å². The molecule has 1 amide bonds. The molecule has 1 atom stereocenters. The number of alkyl carbamates (subject to hydrolysis) is 1. The second-order valence-electron chi connectivity index (χ2n) is 7.11. The molecule has 6 nitrogen and oxygen atoms in total. The largest absolute Gasteiger partial charge is 0.444 e. The number of carbonyl (C=O) groups excluding carboxylic acids is 4. The number of rotatable bonds is 8. The Hall–Kier alpha value is -2.79. The highest BCUT2D eigenvalue weighted by Crippen LogP contribution is 2.09. The Kier molecular flexibility index (Phi) is 12.1. The van der Waals surface area contributed by atoms with Crippen LogP contribution >= 0.6 is 0 Å². The van der Waals surface area contributed by atoms with E-state index >= 15 is 0 Å². The van der Waals surface area contributed by atoms with E-state index in [9.17, 15) is 14.0 Å². The van der Waals surface area contributed by atoms with E-state index in [1.165, 1.54) is 18.2 Å². The molecule has 28 heavy (non-hydrogen) atoms. The van der Waals surface area contributed by atoms with Gasteiger partial charge in [-0.3, -0.25) is 4.79 Å². The molecule has 0 fully saturated rings. The number of amides is 1. The number of benzene rings is 1. The highest BCUT2D eigenvalue weighted by Gasteiger charge is 2.18. The monoisotopic (exact) mass is 393 g/mol. The van der Waals surface area contributed by atoms with Gasteiger partial charge >= 0.3 is 12.2 Å². The van der Waals surface area contributed by atoms with Crippen LogP contribution in [0, 0.1) is 5.82 Å². The Morgan fingerprint density at radius 1 is 1.21 bits per heavy atom. The molecular formula is C21H28FNO5. The molecule has 0 aliphatic carbocycles. The summed E-state index contributed by atoms with van der Waals surface area (Å²) >= 11 is 0. The zero-order valence-corrected chi connectivity index (χ0v) is 16.8. The van der Waals surface area contributed by atoms with Crippen LogP contribution in [0.5, 0.6) is 0 Å². The van der Waals surface area contributed by atoms with Crippen molar-refractivity contribution in [1.82, 2.24) is 5.32 Å². The minimum absolute atomic E-state index is 0.0981. The molecule has 0 bridgehead atoms. The van der Waals surface area contributed by atoms with Crippen LogP contribution in [-0.2, 0) is 25.5 Å². The van der Waals surface area contributed by atoms with E-state index in [1.54, 1.807) is 39.0 Å². The van der Waals surface area contributed by atoms with Gasteiger partial charge in [0, 0.05) is 6.42 Å². The lowest BCUT2D eigenvalue weighted by atomic mass is 10.1. The number of allylic oxidation sites excluding steroid dienone is 1. The maximum Gasteiger partial charge on any atom is 0.408 e. The van der Waals surface area contributed by atoms with Gasteiger partial charge in [0.05, 0.1) is 6.04 Å². The summed E-state index contributed by atoms with van der Waals surface area (Å²) in [5.74, 6) is -0.424.